The van der Waals surface area contributed by atoms with Gasteiger partial charge in [-0.05, 0) is 50.4 Å². The summed E-state index contributed by atoms with van der Waals surface area (Å²) in [6, 6.07) is 8.83. The van der Waals surface area contributed by atoms with Crippen LogP contribution in [0.4, 0.5) is 11.4 Å². The summed E-state index contributed by atoms with van der Waals surface area (Å²) in [6.45, 7) is 4.52. The molecule has 4 saturated heterocycles. The molecule has 1 aromatic carbocycles. The molecule has 4 fully saturated rings. The number of carbonyl (C=O) groups excluding carboxylic acids is 1. The molecule has 4 aliphatic rings. The van der Waals surface area contributed by atoms with Crippen LogP contribution < -0.4 is 10.2 Å². The van der Waals surface area contributed by atoms with Crippen LogP contribution in [-0.4, -0.2) is 43.0 Å². The molecule has 1 amide bonds. The maximum Gasteiger partial charge on any atom is 0.227 e. The third-order valence-electron chi connectivity index (χ3n) is 5.27. The highest BCUT2D eigenvalue weighted by Crippen LogP contribution is 2.34. The van der Waals surface area contributed by atoms with Gasteiger partial charge in [0.15, 0.2) is 0 Å². The molecule has 4 nitrogen and oxygen atoms in total. The summed E-state index contributed by atoms with van der Waals surface area (Å²) in [4.78, 5) is 16.5. The molecule has 2 bridgehead atoms. The second-order valence-electron chi connectivity index (χ2n) is 6.55. The first-order valence-electron chi connectivity index (χ1n) is 8.19. The lowest BCUT2D eigenvalue weighted by Crippen LogP contribution is -2.53. The Kier molecular flexibility index (Phi) is 3.34. The number of para-hydroxylation sites is 2. The number of hydrogen-bond donors (Lipinski definition) is 1. The van der Waals surface area contributed by atoms with Gasteiger partial charge < -0.3 is 15.1 Å². The summed E-state index contributed by atoms with van der Waals surface area (Å²) in [5, 5.41) is 3.74. The van der Waals surface area contributed by atoms with Crippen molar-refractivity contribution in [3.8, 4) is 0 Å². The van der Waals surface area contributed by atoms with Crippen molar-refractivity contribution in [2.45, 2.75) is 31.7 Å². The summed E-state index contributed by atoms with van der Waals surface area (Å²) in [6.07, 6.45) is 4.28. The van der Waals surface area contributed by atoms with Gasteiger partial charge in [-0.3, -0.25) is 4.79 Å². The molecule has 1 aromatic rings. The summed E-state index contributed by atoms with van der Waals surface area (Å²) < 4.78 is 0. The average molecular weight is 285 g/mol. The van der Waals surface area contributed by atoms with E-state index in [1.165, 1.54) is 25.9 Å². The molecule has 5 rings (SSSR count). The largest absolute Gasteiger partial charge is 0.379 e. The monoisotopic (exact) mass is 285 g/mol. The number of nitrogens with zero attached hydrogens (tertiary/aromatic N) is 2. The van der Waals surface area contributed by atoms with Crippen LogP contribution in [0.25, 0.3) is 0 Å². The number of fused-ring (bicyclic) bond motifs is 3. The van der Waals surface area contributed by atoms with Gasteiger partial charge in [-0.25, -0.2) is 0 Å². The first-order chi connectivity index (χ1) is 10.3. The maximum atomic E-state index is 12.0. The number of hydrogen-bond acceptors (Lipinski definition) is 3. The van der Waals surface area contributed by atoms with Crippen molar-refractivity contribution in [1.82, 2.24) is 4.90 Å². The van der Waals surface area contributed by atoms with E-state index in [1.807, 2.05) is 11.0 Å². The third-order valence-corrected chi connectivity index (χ3v) is 5.27. The topological polar surface area (TPSA) is 35.6 Å². The van der Waals surface area contributed by atoms with E-state index in [9.17, 15) is 4.79 Å². The number of carbonyl (C=O) groups is 1. The lowest BCUT2D eigenvalue weighted by Gasteiger charge is -2.45. The molecule has 0 saturated carbocycles. The number of benzene rings is 1. The van der Waals surface area contributed by atoms with Gasteiger partial charge in [-0.15, -0.1) is 0 Å². The molecule has 0 spiro atoms. The van der Waals surface area contributed by atoms with Crippen LogP contribution in [0, 0.1) is 5.92 Å². The Morgan fingerprint density at radius 1 is 1.10 bits per heavy atom. The standard InChI is InChI=1S/C17H23N3O/c21-17-6-3-9-20(17)16-5-2-1-4-14(16)18-15-12-19-10-7-13(15)8-11-19/h1-2,4-5,13,15,18H,3,6-12H2. The quantitative estimate of drug-likeness (QED) is 0.926. The highest BCUT2D eigenvalue weighted by Gasteiger charge is 2.34. The van der Waals surface area contributed by atoms with Crippen LogP contribution in [-0.2, 0) is 4.79 Å². The van der Waals surface area contributed by atoms with Crippen LogP contribution in [0.5, 0.6) is 0 Å². The van der Waals surface area contributed by atoms with Crippen molar-refractivity contribution < 1.29 is 4.79 Å². The fourth-order valence-electron chi connectivity index (χ4n) is 4.06. The molecular weight excluding hydrogens is 262 g/mol. The number of piperidine rings is 3. The van der Waals surface area contributed by atoms with Crippen LogP contribution in [0.2, 0.25) is 0 Å². The van der Waals surface area contributed by atoms with Crippen molar-refractivity contribution >= 4 is 17.3 Å². The van der Waals surface area contributed by atoms with Gasteiger partial charge in [0.05, 0.1) is 11.4 Å². The lowest BCUT2D eigenvalue weighted by atomic mass is 9.84. The van der Waals surface area contributed by atoms with E-state index in [1.54, 1.807) is 0 Å². The van der Waals surface area contributed by atoms with Crippen molar-refractivity contribution in [3.63, 3.8) is 0 Å². The Balaban J connectivity index is 1.56. The highest BCUT2D eigenvalue weighted by molar-refractivity contribution is 5.98. The molecule has 0 radical (unpaired) electrons. The normalized spacial score (nSPS) is 31.7. The predicted molar refractivity (Wildman–Crippen MR) is 84.6 cm³/mol. The van der Waals surface area contributed by atoms with Crippen molar-refractivity contribution in [1.29, 1.82) is 0 Å². The number of rotatable bonds is 3. The van der Waals surface area contributed by atoms with Crippen LogP contribution in [0.15, 0.2) is 24.3 Å². The number of nitrogens with one attached hydrogen (secondary N) is 1. The van der Waals surface area contributed by atoms with E-state index in [0.717, 1.165) is 36.8 Å². The van der Waals surface area contributed by atoms with E-state index in [2.05, 4.69) is 28.4 Å². The Labute approximate surface area is 126 Å². The second kappa shape index (κ2) is 5.34. The molecule has 4 heterocycles. The predicted octanol–water partition coefficient (Wildman–Crippen LogP) is 2.32. The Bertz CT molecular complexity index is 537. The molecule has 1 N–H and O–H groups in total. The summed E-state index contributed by atoms with van der Waals surface area (Å²) >= 11 is 0. The SMILES string of the molecule is O=C1CCCN1c1ccccc1NC1CN2CCC1CC2. The fourth-order valence-corrected chi connectivity index (χ4v) is 4.06. The molecular formula is C17H23N3O. The molecule has 21 heavy (non-hydrogen) atoms. The van der Waals surface area contributed by atoms with Crippen LogP contribution >= 0.6 is 0 Å². The number of amides is 1. The molecule has 4 heteroatoms. The van der Waals surface area contributed by atoms with E-state index >= 15 is 0 Å². The van der Waals surface area contributed by atoms with E-state index in [0.29, 0.717) is 12.5 Å². The van der Waals surface area contributed by atoms with Crippen molar-refractivity contribution in [2.24, 2.45) is 5.92 Å². The van der Waals surface area contributed by atoms with Crippen LogP contribution in [0.1, 0.15) is 25.7 Å². The zero-order valence-electron chi connectivity index (χ0n) is 12.4. The Morgan fingerprint density at radius 3 is 2.57 bits per heavy atom. The van der Waals surface area contributed by atoms with Gasteiger partial charge in [-0.2, -0.15) is 0 Å². The minimum absolute atomic E-state index is 0.262. The smallest absolute Gasteiger partial charge is 0.227 e. The van der Waals surface area contributed by atoms with Gasteiger partial charge in [0.1, 0.15) is 0 Å². The molecule has 1 atom stereocenters. The molecule has 1 unspecified atom stereocenters. The zero-order valence-corrected chi connectivity index (χ0v) is 12.4. The molecule has 0 aliphatic carbocycles. The Morgan fingerprint density at radius 2 is 1.90 bits per heavy atom. The first kappa shape index (κ1) is 13.1. The zero-order chi connectivity index (χ0) is 14.2. The second-order valence-corrected chi connectivity index (χ2v) is 6.55. The van der Waals surface area contributed by atoms with E-state index < -0.39 is 0 Å². The van der Waals surface area contributed by atoms with Crippen LogP contribution in [0.3, 0.4) is 0 Å². The molecule has 0 aromatic heterocycles. The summed E-state index contributed by atoms with van der Waals surface area (Å²) in [5.41, 5.74) is 2.20. The van der Waals surface area contributed by atoms with Crippen molar-refractivity contribution in [2.75, 3.05) is 36.4 Å². The Hall–Kier alpha value is -1.55. The van der Waals surface area contributed by atoms with Crippen molar-refractivity contribution in [3.05, 3.63) is 24.3 Å². The molecule has 112 valence electrons. The van der Waals surface area contributed by atoms with Gasteiger partial charge >= 0.3 is 0 Å². The van der Waals surface area contributed by atoms with Gasteiger partial charge in [0.2, 0.25) is 5.91 Å². The maximum absolute atomic E-state index is 12.0. The van der Waals surface area contributed by atoms with Gasteiger partial charge in [0.25, 0.3) is 0 Å². The van der Waals surface area contributed by atoms with E-state index in [4.69, 9.17) is 0 Å². The average Bonchev–Trinajstić information content (AvgIpc) is 2.95. The third kappa shape index (κ3) is 2.42. The molecule has 4 aliphatic heterocycles. The minimum Gasteiger partial charge on any atom is -0.379 e. The van der Waals surface area contributed by atoms with Gasteiger partial charge in [0, 0.05) is 25.6 Å². The first-order valence-corrected chi connectivity index (χ1v) is 8.19. The minimum atomic E-state index is 0.262. The fraction of sp³-hybridized carbons (Fsp3) is 0.588. The number of anilines is 2. The van der Waals surface area contributed by atoms with E-state index in [-0.39, 0.29) is 5.91 Å². The highest BCUT2D eigenvalue weighted by atomic mass is 16.2. The summed E-state index contributed by atoms with van der Waals surface area (Å²) in [5.74, 6) is 1.05. The summed E-state index contributed by atoms with van der Waals surface area (Å²) in [7, 11) is 0. The van der Waals surface area contributed by atoms with Gasteiger partial charge in [-0.1, -0.05) is 12.1 Å². The lowest BCUT2D eigenvalue weighted by molar-refractivity contribution is -0.117.